The van der Waals surface area contributed by atoms with Crippen LogP contribution in [0.5, 0.6) is 17.2 Å². The van der Waals surface area contributed by atoms with Crippen LogP contribution in [0.4, 0.5) is 4.39 Å². The smallest absolute Gasteiger partial charge is 0.267 e. The molecule has 0 bridgehead atoms. The third-order valence-corrected chi connectivity index (χ3v) is 4.32. The number of methoxy groups -OCH3 is 3. The summed E-state index contributed by atoms with van der Waals surface area (Å²) in [6.45, 7) is -0.306. The Kier molecular flexibility index (Phi) is 5.92. The summed E-state index contributed by atoms with van der Waals surface area (Å²) in [4.78, 5) is 24.8. The van der Waals surface area contributed by atoms with Gasteiger partial charge in [0.15, 0.2) is 17.3 Å². The van der Waals surface area contributed by atoms with Gasteiger partial charge in [0.25, 0.3) is 5.56 Å². The van der Waals surface area contributed by atoms with Gasteiger partial charge in [0.2, 0.25) is 0 Å². The molecule has 1 heterocycles. The van der Waals surface area contributed by atoms with Gasteiger partial charge < -0.3 is 14.2 Å². The monoisotopic (exact) mass is 398 g/mol. The van der Waals surface area contributed by atoms with E-state index in [1.807, 2.05) is 0 Å². The average molecular weight is 398 g/mol. The van der Waals surface area contributed by atoms with Crippen LogP contribution in [0.3, 0.4) is 0 Å². The number of benzene rings is 2. The number of hydrogen-bond acceptors (Lipinski definition) is 6. The quantitative estimate of drug-likeness (QED) is 0.570. The molecule has 1 aromatic heterocycles. The number of ether oxygens (including phenoxy) is 3. The lowest BCUT2D eigenvalue weighted by Gasteiger charge is -2.10. The topological polar surface area (TPSA) is 79.7 Å². The zero-order valence-electron chi connectivity index (χ0n) is 16.1. The zero-order valence-corrected chi connectivity index (χ0v) is 16.1. The minimum atomic E-state index is -0.548. The number of ketones is 1. The molecule has 0 atom stereocenters. The maximum Gasteiger partial charge on any atom is 0.267 e. The van der Waals surface area contributed by atoms with Crippen molar-refractivity contribution in [3.63, 3.8) is 0 Å². The zero-order chi connectivity index (χ0) is 21.0. The number of nitrogens with zero attached hydrogens (tertiary/aromatic N) is 2. The van der Waals surface area contributed by atoms with Gasteiger partial charge in [0.05, 0.1) is 27.0 Å². The Bertz CT molecular complexity index is 1110. The van der Waals surface area contributed by atoms with Crippen LogP contribution in [0.1, 0.15) is 10.4 Å². The van der Waals surface area contributed by atoms with Crippen molar-refractivity contribution in [2.24, 2.45) is 0 Å². The third-order valence-electron chi connectivity index (χ3n) is 4.32. The molecule has 0 aliphatic carbocycles. The van der Waals surface area contributed by atoms with Gasteiger partial charge in [-0.2, -0.15) is 5.10 Å². The van der Waals surface area contributed by atoms with Crippen LogP contribution in [0, 0.1) is 5.82 Å². The molecule has 0 aliphatic heterocycles. The first-order valence-electron chi connectivity index (χ1n) is 8.64. The molecule has 3 aromatic rings. The molecular weight excluding hydrogens is 379 g/mol. The van der Waals surface area contributed by atoms with Crippen molar-refractivity contribution >= 4 is 5.78 Å². The predicted molar refractivity (Wildman–Crippen MR) is 104 cm³/mol. The van der Waals surface area contributed by atoms with Gasteiger partial charge in [-0.1, -0.05) is 0 Å². The molecule has 8 heteroatoms. The number of carbonyl (C=O) groups excluding carboxylic acids is 1. The van der Waals surface area contributed by atoms with Gasteiger partial charge in [-0.05, 0) is 36.4 Å². The first kappa shape index (κ1) is 20.1. The van der Waals surface area contributed by atoms with Gasteiger partial charge >= 0.3 is 0 Å². The number of halogens is 1. The van der Waals surface area contributed by atoms with Crippen molar-refractivity contribution < 1.29 is 23.4 Å². The van der Waals surface area contributed by atoms with E-state index < -0.39 is 11.4 Å². The molecule has 3 rings (SSSR count). The lowest BCUT2D eigenvalue weighted by Crippen LogP contribution is -2.26. The summed E-state index contributed by atoms with van der Waals surface area (Å²) in [6, 6.07) is 11.7. The molecule has 7 nitrogen and oxygen atoms in total. The van der Waals surface area contributed by atoms with Gasteiger partial charge in [0, 0.05) is 23.3 Å². The normalized spacial score (nSPS) is 10.5. The summed E-state index contributed by atoms with van der Waals surface area (Å²) in [5.41, 5.74) is 0.275. The SMILES string of the molecule is COc1ccc(-c2ccc(=O)n(CC(=O)c3ccc(OC)c(OC)c3)n2)c(F)c1. The second kappa shape index (κ2) is 8.55. The number of carbonyl (C=O) groups is 1. The fourth-order valence-corrected chi connectivity index (χ4v) is 2.77. The molecular formula is C21H19FN2O5. The Morgan fingerprint density at radius 3 is 2.38 bits per heavy atom. The average Bonchev–Trinajstić information content (AvgIpc) is 2.74. The van der Waals surface area contributed by atoms with Crippen molar-refractivity contribution in [1.82, 2.24) is 9.78 Å². The molecule has 0 N–H and O–H groups in total. The van der Waals surface area contributed by atoms with Crippen molar-refractivity contribution in [2.75, 3.05) is 21.3 Å². The standard InChI is InChI=1S/C21H19FN2O5/c1-27-14-5-6-15(16(22)11-14)17-7-9-21(26)24(23-17)12-18(25)13-4-8-19(28-2)20(10-13)29-3/h4-11H,12H2,1-3H3. The molecule has 0 radical (unpaired) electrons. The van der Waals surface area contributed by atoms with E-state index in [1.54, 1.807) is 18.2 Å². The Hall–Kier alpha value is -3.68. The number of hydrogen-bond donors (Lipinski definition) is 0. The summed E-state index contributed by atoms with van der Waals surface area (Å²) in [5.74, 6) is 0.341. The number of Topliss-reactive ketones (excluding diaryl/α,β-unsaturated/α-hetero) is 1. The van der Waals surface area contributed by atoms with E-state index in [2.05, 4.69) is 5.10 Å². The maximum absolute atomic E-state index is 14.3. The van der Waals surface area contributed by atoms with E-state index in [-0.39, 0.29) is 23.6 Å². The van der Waals surface area contributed by atoms with E-state index in [0.29, 0.717) is 22.8 Å². The van der Waals surface area contributed by atoms with Crippen LogP contribution in [-0.4, -0.2) is 36.9 Å². The minimum absolute atomic E-state index is 0.193. The number of aromatic nitrogens is 2. The Labute approximate surface area is 166 Å². The first-order chi connectivity index (χ1) is 14.0. The highest BCUT2D eigenvalue weighted by Gasteiger charge is 2.15. The summed E-state index contributed by atoms with van der Waals surface area (Å²) < 4.78 is 30.7. The lowest BCUT2D eigenvalue weighted by atomic mass is 10.1. The summed E-state index contributed by atoms with van der Waals surface area (Å²) in [5, 5.41) is 4.15. The van der Waals surface area contributed by atoms with Crippen molar-refractivity contribution in [2.45, 2.75) is 6.54 Å². The molecule has 0 spiro atoms. The minimum Gasteiger partial charge on any atom is -0.497 e. The largest absolute Gasteiger partial charge is 0.497 e. The van der Waals surface area contributed by atoms with Gasteiger partial charge in [-0.15, -0.1) is 0 Å². The first-order valence-corrected chi connectivity index (χ1v) is 8.64. The van der Waals surface area contributed by atoms with Crippen LogP contribution in [-0.2, 0) is 6.54 Å². The fraction of sp³-hybridized carbons (Fsp3) is 0.190. The third kappa shape index (κ3) is 4.26. The fourth-order valence-electron chi connectivity index (χ4n) is 2.77. The molecule has 0 saturated heterocycles. The van der Waals surface area contributed by atoms with E-state index in [4.69, 9.17) is 14.2 Å². The molecule has 0 amide bonds. The maximum atomic E-state index is 14.3. The highest BCUT2D eigenvalue weighted by molar-refractivity contribution is 5.96. The number of rotatable bonds is 7. The summed E-state index contributed by atoms with van der Waals surface area (Å²) in [6.07, 6.45) is 0. The summed E-state index contributed by atoms with van der Waals surface area (Å²) >= 11 is 0. The van der Waals surface area contributed by atoms with Gasteiger partial charge in [-0.25, -0.2) is 9.07 Å². The van der Waals surface area contributed by atoms with Crippen LogP contribution in [0.25, 0.3) is 11.3 Å². The molecule has 0 unspecified atom stereocenters. The lowest BCUT2D eigenvalue weighted by molar-refractivity contribution is 0.0965. The Morgan fingerprint density at radius 2 is 1.72 bits per heavy atom. The van der Waals surface area contributed by atoms with Crippen LogP contribution >= 0.6 is 0 Å². The van der Waals surface area contributed by atoms with Crippen LogP contribution < -0.4 is 19.8 Å². The highest BCUT2D eigenvalue weighted by Crippen LogP contribution is 2.28. The molecule has 29 heavy (non-hydrogen) atoms. The van der Waals surface area contributed by atoms with Crippen molar-refractivity contribution in [3.05, 3.63) is 70.3 Å². The van der Waals surface area contributed by atoms with Crippen LogP contribution in [0.15, 0.2) is 53.3 Å². The van der Waals surface area contributed by atoms with Gasteiger partial charge in [0.1, 0.15) is 18.1 Å². The van der Waals surface area contributed by atoms with E-state index in [9.17, 15) is 14.0 Å². The van der Waals surface area contributed by atoms with E-state index >= 15 is 0 Å². The molecule has 150 valence electrons. The second-order valence-electron chi connectivity index (χ2n) is 6.05. The summed E-state index contributed by atoms with van der Waals surface area (Å²) in [7, 11) is 4.39. The Balaban J connectivity index is 1.91. The second-order valence-corrected chi connectivity index (χ2v) is 6.05. The highest BCUT2D eigenvalue weighted by atomic mass is 19.1. The van der Waals surface area contributed by atoms with Crippen LogP contribution in [0.2, 0.25) is 0 Å². The van der Waals surface area contributed by atoms with E-state index in [0.717, 1.165) is 4.68 Å². The van der Waals surface area contributed by atoms with Crippen molar-refractivity contribution in [3.8, 4) is 28.5 Å². The molecule has 0 saturated carbocycles. The Morgan fingerprint density at radius 1 is 0.966 bits per heavy atom. The molecule has 0 fully saturated rings. The van der Waals surface area contributed by atoms with E-state index in [1.165, 1.54) is 51.7 Å². The van der Waals surface area contributed by atoms with Crippen molar-refractivity contribution in [1.29, 1.82) is 0 Å². The molecule has 2 aromatic carbocycles. The predicted octanol–water partition coefficient (Wildman–Crippen LogP) is 2.96. The molecule has 0 aliphatic rings. The van der Waals surface area contributed by atoms with Gasteiger partial charge in [-0.3, -0.25) is 9.59 Å².